The second kappa shape index (κ2) is 7.51. The van der Waals surface area contributed by atoms with Crippen molar-refractivity contribution in [2.75, 3.05) is 23.9 Å². The van der Waals surface area contributed by atoms with Gasteiger partial charge in [0.25, 0.3) is 0 Å². The second-order valence-corrected chi connectivity index (χ2v) is 6.14. The largest absolute Gasteiger partial charge is 0.452 e. The Hall–Kier alpha value is -2.96. The third-order valence-electron chi connectivity index (χ3n) is 4.40. The number of amides is 2. The lowest BCUT2D eigenvalue weighted by atomic mass is 10.0. The maximum Gasteiger partial charge on any atom is 0.414 e. The number of rotatable bonds is 3. The molecule has 6 nitrogen and oxygen atoms in total. The van der Waals surface area contributed by atoms with Crippen LogP contribution in [-0.2, 0) is 16.0 Å². The average Bonchev–Trinajstić information content (AvgIpc) is 2.67. The summed E-state index contributed by atoms with van der Waals surface area (Å²) in [5.74, 6) is -1.08. The Kier molecular flexibility index (Phi) is 5.16. The molecule has 7 heteroatoms. The Morgan fingerprint density at radius 3 is 2.65 bits per heavy atom. The van der Waals surface area contributed by atoms with Crippen LogP contribution in [0.15, 0.2) is 36.4 Å². The summed E-state index contributed by atoms with van der Waals surface area (Å²) in [5, 5.41) is 2.75. The number of nitrogens with zero attached hydrogens (tertiary/aromatic N) is 2. The Bertz CT molecular complexity index is 823. The summed E-state index contributed by atoms with van der Waals surface area (Å²) < 4.78 is 17.8. The third kappa shape index (κ3) is 3.66. The molecule has 0 saturated carbocycles. The fourth-order valence-corrected chi connectivity index (χ4v) is 2.92. The average molecular weight is 357 g/mol. The highest BCUT2D eigenvalue weighted by Gasteiger charge is 2.26. The molecule has 2 amide bonds. The van der Waals surface area contributed by atoms with Gasteiger partial charge in [0.15, 0.2) is 0 Å². The first-order valence-corrected chi connectivity index (χ1v) is 8.41. The van der Waals surface area contributed by atoms with Crippen LogP contribution in [0.25, 0.3) is 0 Å². The van der Waals surface area contributed by atoms with E-state index in [2.05, 4.69) is 10.3 Å². The molecule has 3 rings (SSSR count). The van der Waals surface area contributed by atoms with Crippen LogP contribution in [0.4, 0.5) is 20.6 Å². The lowest BCUT2D eigenvalue weighted by Gasteiger charge is -2.28. The highest BCUT2D eigenvalue weighted by molar-refractivity contribution is 5.95. The number of fused-ring (bicyclic) bond motifs is 1. The molecule has 1 aliphatic rings. The molecule has 1 aliphatic heterocycles. The fraction of sp³-hybridized carbons (Fsp3) is 0.316. The van der Waals surface area contributed by atoms with Crippen LogP contribution >= 0.6 is 0 Å². The third-order valence-corrected chi connectivity index (χ3v) is 4.40. The number of benzene rings is 1. The number of anilines is 2. The summed E-state index contributed by atoms with van der Waals surface area (Å²) in [5.41, 5.74) is 2.65. The lowest BCUT2D eigenvalue weighted by molar-refractivity contribution is -0.117. The number of methoxy groups -OCH3 is 1. The van der Waals surface area contributed by atoms with Crippen molar-refractivity contribution in [2.24, 2.45) is 0 Å². The standard InChI is InChI=1S/C19H20FN3O3/c1-12(18(24)21-14-7-5-13(20)6-8-14)15-9-10-17-16(22-15)4-3-11-23(17)19(25)26-2/h5-10,12H,3-4,11H2,1-2H3,(H,21,24). The van der Waals surface area contributed by atoms with E-state index in [1.165, 1.54) is 31.4 Å². The number of nitrogens with one attached hydrogen (secondary N) is 1. The number of carbonyl (C=O) groups is 2. The predicted molar refractivity (Wildman–Crippen MR) is 95.8 cm³/mol. The summed E-state index contributed by atoms with van der Waals surface area (Å²) in [6, 6.07) is 9.14. The molecule has 0 spiro atoms. The van der Waals surface area contributed by atoms with Gasteiger partial charge in [-0.2, -0.15) is 0 Å². The zero-order chi connectivity index (χ0) is 18.7. The maximum absolute atomic E-state index is 13.0. The summed E-state index contributed by atoms with van der Waals surface area (Å²) in [4.78, 5) is 30.5. The Morgan fingerprint density at radius 1 is 1.23 bits per heavy atom. The van der Waals surface area contributed by atoms with Gasteiger partial charge in [-0.25, -0.2) is 9.18 Å². The van der Waals surface area contributed by atoms with E-state index in [-0.39, 0.29) is 11.7 Å². The fourth-order valence-electron chi connectivity index (χ4n) is 2.92. The molecular formula is C19H20FN3O3. The normalized spacial score (nSPS) is 14.3. The van der Waals surface area contributed by atoms with Gasteiger partial charge in [0, 0.05) is 12.2 Å². The second-order valence-electron chi connectivity index (χ2n) is 6.14. The van der Waals surface area contributed by atoms with E-state index in [1.54, 1.807) is 24.0 Å². The molecule has 26 heavy (non-hydrogen) atoms. The molecule has 0 aliphatic carbocycles. The number of halogens is 1. The molecule has 1 unspecified atom stereocenters. The highest BCUT2D eigenvalue weighted by Crippen LogP contribution is 2.28. The Morgan fingerprint density at radius 2 is 1.96 bits per heavy atom. The zero-order valence-corrected chi connectivity index (χ0v) is 14.7. The molecule has 136 valence electrons. The SMILES string of the molecule is COC(=O)N1CCCc2nc(C(C)C(=O)Nc3ccc(F)cc3)ccc21. The first-order chi connectivity index (χ1) is 12.5. The van der Waals surface area contributed by atoms with Crippen molar-refractivity contribution >= 4 is 23.4 Å². The first-order valence-electron chi connectivity index (χ1n) is 8.41. The van der Waals surface area contributed by atoms with Crippen LogP contribution in [0.5, 0.6) is 0 Å². The van der Waals surface area contributed by atoms with Gasteiger partial charge in [-0.3, -0.25) is 14.7 Å². The van der Waals surface area contributed by atoms with E-state index in [1.807, 2.05) is 0 Å². The van der Waals surface area contributed by atoms with E-state index < -0.39 is 12.0 Å². The van der Waals surface area contributed by atoms with Crippen molar-refractivity contribution in [3.63, 3.8) is 0 Å². The van der Waals surface area contributed by atoms with Crippen LogP contribution in [0.3, 0.4) is 0 Å². The van der Waals surface area contributed by atoms with Crippen LogP contribution < -0.4 is 10.2 Å². The van der Waals surface area contributed by atoms with Crippen molar-refractivity contribution in [1.82, 2.24) is 4.98 Å². The first kappa shape index (κ1) is 17.8. The van der Waals surface area contributed by atoms with Gasteiger partial charge in [-0.05, 0) is 56.2 Å². The van der Waals surface area contributed by atoms with Gasteiger partial charge < -0.3 is 10.1 Å². The molecule has 0 fully saturated rings. The van der Waals surface area contributed by atoms with E-state index in [4.69, 9.17) is 4.74 Å². The van der Waals surface area contributed by atoms with E-state index in [0.717, 1.165) is 24.2 Å². The van der Waals surface area contributed by atoms with Gasteiger partial charge in [0.1, 0.15) is 5.82 Å². The number of hydrogen-bond acceptors (Lipinski definition) is 4. The van der Waals surface area contributed by atoms with Crippen molar-refractivity contribution < 1.29 is 18.7 Å². The van der Waals surface area contributed by atoms with E-state index >= 15 is 0 Å². The maximum atomic E-state index is 13.0. The van der Waals surface area contributed by atoms with Crippen molar-refractivity contribution in [3.8, 4) is 0 Å². The Balaban J connectivity index is 1.77. The van der Waals surface area contributed by atoms with Crippen LogP contribution in [0.2, 0.25) is 0 Å². The molecule has 0 saturated heterocycles. The lowest BCUT2D eigenvalue weighted by Crippen LogP contribution is -2.36. The summed E-state index contributed by atoms with van der Waals surface area (Å²) in [6.45, 7) is 2.34. The number of pyridine rings is 1. The molecule has 2 aromatic rings. The van der Waals surface area contributed by atoms with E-state index in [9.17, 15) is 14.0 Å². The van der Waals surface area contributed by atoms with Gasteiger partial charge in [-0.1, -0.05) is 0 Å². The quantitative estimate of drug-likeness (QED) is 0.913. The number of hydrogen-bond donors (Lipinski definition) is 1. The Labute approximate surface area is 151 Å². The van der Waals surface area contributed by atoms with Gasteiger partial charge in [0.2, 0.25) is 5.91 Å². The van der Waals surface area contributed by atoms with Crippen LogP contribution in [-0.4, -0.2) is 30.6 Å². The molecule has 1 atom stereocenters. The molecule has 2 heterocycles. The molecule has 0 radical (unpaired) electrons. The smallest absolute Gasteiger partial charge is 0.414 e. The van der Waals surface area contributed by atoms with Gasteiger partial charge >= 0.3 is 6.09 Å². The minimum absolute atomic E-state index is 0.232. The predicted octanol–water partition coefficient (Wildman–Crippen LogP) is 3.48. The minimum Gasteiger partial charge on any atom is -0.452 e. The molecular weight excluding hydrogens is 337 g/mol. The van der Waals surface area contributed by atoms with Gasteiger partial charge in [0.05, 0.1) is 30.1 Å². The molecule has 0 bridgehead atoms. The molecule has 1 N–H and O–H groups in total. The monoisotopic (exact) mass is 357 g/mol. The number of aryl methyl sites for hydroxylation is 1. The van der Waals surface area contributed by atoms with Crippen molar-refractivity contribution in [2.45, 2.75) is 25.7 Å². The van der Waals surface area contributed by atoms with E-state index in [0.29, 0.717) is 17.9 Å². The van der Waals surface area contributed by atoms with Crippen molar-refractivity contribution in [3.05, 3.63) is 53.6 Å². The van der Waals surface area contributed by atoms with Crippen LogP contribution in [0.1, 0.15) is 30.7 Å². The van der Waals surface area contributed by atoms with Crippen molar-refractivity contribution in [1.29, 1.82) is 0 Å². The van der Waals surface area contributed by atoms with Gasteiger partial charge in [-0.15, -0.1) is 0 Å². The highest BCUT2D eigenvalue weighted by atomic mass is 19.1. The number of carbonyl (C=O) groups excluding carboxylic acids is 2. The summed E-state index contributed by atoms with van der Waals surface area (Å²) in [6.07, 6.45) is 1.11. The summed E-state index contributed by atoms with van der Waals surface area (Å²) in [7, 11) is 1.35. The zero-order valence-electron chi connectivity index (χ0n) is 14.7. The van der Waals surface area contributed by atoms with Crippen LogP contribution in [0, 0.1) is 5.82 Å². The minimum atomic E-state index is -0.487. The summed E-state index contributed by atoms with van der Waals surface area (Å²) >= 11 is 0. The molecule has 1 aromatic carbocycles. The number of aromatic nitrogens is 1. The topological polar surface area (TPSA) is 71.5 Å². The molecule has 1 aromatic heterocycles. The number of ether oxygens (including phenoxy) is 1.